The van der Waals surface area contributed by atoms with Gasteiger partial charge < -0.3 is 5.32 Å². The molecule has 0 radical (unpaired) electrons. The van der Waals surface area contributed by atoms with Crippen LogP contribution in [0.5, 0.6) is 0 Å². The van der Waals surface area contributed by atoms with Gasteiger partial charge >= 0.3 is 5.69 Å². The molecule has 0 bridgehead atoms. The van der Waals surface area contributed by atoms with E-state index in [2.05, 4.69) is 15.4 Å². The van der Waals surface area contributed by atoms with Gasteiger partial charge in [-0.2, -0.15) is 5.10 Å². The normalized spacial score (nSPS) is 18.1. The molecule has 0 saturated heterocycles. The van der Waals surface area contributed by atoms with Crippen molar-refractivity contribution in [1.29, 1.82) is 0 Å². The molecule has 0 saturated carbocycles. The molecule has 1 N–H and O–H groups in total. The van der Waals surface area contributed by atoms with Crippen LogP contribution < -0.4 is 11.0 Å². The van der Waals surface area contributed by atoms with E-state index in [1.807, 2.05) is 30.3 Å². The molecule has 2 aromatic carbocycles. The average Bonchev–Trinajstić information content (AvgIpc) is 3.33. The van der Waals surface area contributed by atoms with Crippen LogP contribution >= 0.6 is 11.8 Å². The molecule has 1 aliphatic rings. The first-order chi connectivity index (χ1) is 14.9. The maximum Gasteiger partial charge on any atom is 0.352 e. The Morgan fingerprint density at radius 2 is 1.94 bits per heavy atom. The lowest BCUT2D eigenvalue weighted by Crippen LogP contribution is -2.36. The maximum atomic E-state index is 13.9. The molecule has 0 fully saturated rings. The van der Waals surface area contributed by atoms with Crippen molar-refractivity contribution < 1.29 is 13.6 Å². The first-order valence-electron chi connectivity index (χ1n) is 9.58. The fraction of sp³-hybridized carbons (Fsp3) is 0.238. The fourth-order valence-electron chi connectivity index (χ4n) is 3.17. The predicted molar refractivity (Wildman–Crippen MR) is 114 cm³/mol. The van der Waals surface area contributed by atoms with Gasteiger partial charge in [-0.3, -0.25) is 9.79 Å². The van der Waals surface area contributed by atoms with E-state index in [-0.39, 0.29) is 24.1 Å². The van der Waals surface area contributed by atoms with Crippen molar-refractivity contribution in [1.82, 2.24) is 19.7 Å². The van der Waals surface area contributed by atoms with E-state index in [4.69, 9.17) is 0 Å². The first-order valence-corrected chi connectivity index (χ1v) is 10.5. The molecule has 2 heterocycles. The summed E-state index contributed by atoms with van der Waals surface area (Å²) >= 11 is 1.17. The summed E-state index contributed by atoms with van der Waals surface area (Å²) in [6.07, 6.45) is 1.27. The number of halogens is 2. The van der Waals surface area contributed by atoms with Crippen molar-refractivity contribution >= 4 is 22.8 Å². The van der Waals surface area contributed by atoms with E-state index in [0.29, 0.717) is 11.7 Å². The highest BCUT2D eigenvalue weighted by molar-refractivity contribution is 8.15. The number of hydrogen-bond acceptors (Lipinski definition) is 5. The van der Waals surface area contributed by atoms with Crippen molar-refractivity contribution in [3.63, 3.8) is 0 Å². The number of nitrogens with one attached hydrogen (secondary N) is 1. The number of hydrogen-bond donors (Lipinski definition) is 1. The Kier molecular flexibility index (Phi) is 5.99. The van der Waals surface area contributed by atoms with Crippen LogP contribution in [0, 0.1) is 11.6 Å². The van der Waals surface area contributed by atoms with Gasteiger partial charge in [0.1, 0.15) is 11.6 Å². The highest BCUT2D eigenvalue weighted by Gasteiger charge is 2.34. The van der Waals surface area contributed by atoms with E-state index in [0.717, 1.165) is 16.3 Å². The number of benzene rings is 2. The smallest absolute Gasteiger partial charge is 0.351 e. The van der Waals surface area contributed by atoms with Gasteiger partial charge in [0.2, 0.25) is 5.91 Å². The predicted octanol–water partition coefficient (Wildman–Crippen LogP) is 2.40. The molecule has 0 aliphatic carbocycles. The van der Waals surface area contributed by atoms with Crippen molar-refractivity contribution in [2.75, 3.05) is 0 Å². The number of nitrogens with zero attached hydrogens (tertiary/aromatic N) is 4. The van der Waals surface area contributed by atoms with Gasteiger partial charge in [-0.15, -0.1) is 0 Å². The van der Waals surface area contributed by atoms with E-state index in [1.54, 1.807) is 6.92 Å². The van der Waals surface area contributed by atoms with Crippen molar-refractivity contribution in [2.45, 2.75) is 31.3 Å². The Morgan fingerprint density at radius 3 is 2.71 bits per heavy atom. The third-order valence-electron chi connectivity index (χ3n) is 4.84. The number of rotatable bonds is 5. The Morgan fingerprint density at radius 1 is 1.16 bits per heavy atom. The third-order valence-corrected chi connectivity index (χ3v) is 6.22. The van der Waals surface area contributed by atoms with Crippen molar-refractivity contribution in [3.8, 4) is 0 Å². The molecule has 0 spiro atoms. The third kappa shape index (κ3) is 4.43. The monoisotopic (exact) mass is 443 g/mol. The summed E-state index contributed by atoms with van der Waals surface area (Å²) in [6, 6.07) is 13.0. The minimum atomic E-state index is -1.01. The molecule has 7 nitrogen and oxygen atoms in total. The standard InChI is InChI=1S/C21H19F2N5O2S/c1-13-18(19(29)24-10-14-6-3-2-4-7-14)31-20(26-13)27-12-25-28(21(27)30)11-15-8-5-9-16(22)17(15)23/h2-9,12-13,18H,10-11H2,1H3,(H,24,29). The number of aliphatic imine (C=N–C) groups is 1. The average molecular weight is 443 g/mol. The highest BCUT2D eigenvalue weighted by Crippen LogP contribution is 2.27. The zero-order valence-electron chi connectivity index (χ0n) is 16.5. The van der Waals surface area contributed by atoms with Crippen LogP contribution in [0.3, 0.4) is 0 Å². The zero-order chi connectivity index (χ0) is 22.0. The summed E-state index contributed by atoms with van der Waals surface area (Å²) in [7, 11) is 0. The molecule has 10 heteroatoms. The number of carbonyl (C=O) groups excluding carboxylic acids is 1. The van der Waals surface area contributed by atoms with Crippen molar-refractivity contribution in [2.24, 2.45) is 4.99 Å². The zero-order valence-corrected chi connectivity index (χ0v) is 17.4. The van der Waals surface area contributed by atoms with Gasteiger partial charge in [-0.1, -0.05) is 54.2 Å². The molecule has 2 atom stereocenters. The first kappa shape index (κ1) is 21.0. The molecule has 4 rings (SSSR count). The van der Waals surface area contributed by atoms with Gasteiger partial charge in [0, 0.05) is 12.1 Å². The van der Waals surface area contributed by atoms with E-state index in [1.165, 1.54) is 34.8 Å². The second-order valence-electron chi connectivity index (χ2n) is 7.05. The van der Waals surface area contributed by atoms with Gasteiger partial charge in [0.05, 0.1) is 12.6 Å². The van der Waals surface area contributed by atoms with Crippen LogP contribution in [0.4, 0.5) is 8.78 Å². The highest BCUT2D eigenvalue weighted by atomic mass is 32.2. The molecule has 3 aromatic rings. The van der Waals surface area contributed by atoms with Gasteiger partial charge in [0.15, 0.2) is 16.8 Å². The van der Waals surface area contributed by atoms with Crippen molar-refractivity contribution in [3.05, 3.63) is 88.1 Å². The molecular weight excluding hydrogens is 424 g/mol. The topological polar surface area (TPSA) is 81.3 Å². The van der Waals surface area contributed by atoms with Gasteiger partial charge in [-0.25, -0.2) is 22.8 Å². The lowest BCUT2D eigenvalue weighted by molar-refractivity contribution is -0.120. The molecule has 1 amide bonds. The lowest BCUT2D eigenvalue weighted by atomic mass is 10.2. The van der Waals surface area contributed by atoms with E-state index >= 15 is 0 Å². The largest absolute Gasteiger partial charge is 0.352 e. The quantitative estimate of drug-likeness (QED) is 0.657. The molecular formula is C21H19F2N5O2S. The van der Waals surface area contributed by atoms with Crippen LogP contribution in [0.2, 0.25) is 0 Å². The van der Waals surface area contributed by atoms with Crippen LogP contribution in [-0.2, 0) is 17.9 Å². The number of thioether (sulfide) groups is 1. The second kappa shape index (κ2) is 8.84. The SMILES string of the molecule is CC1N=C(n2cnn(Cc3cccc(F)c3F)c2=O)SC1C(=O)NCc1ccccc1. The van der Waals surface area contributed by atoms with Crippen LogP contribution in [0.15, 0.2) is 64.6 Å². The van der Waals surface area contributed by atoms with Gasteiger partial charge in [-0.05, 0) is 18.6 Å². The summed E-state index contributed by atoms with van der Waals surface area (Å²) in [5.41, 5.74) is 0.446. The minimum absolute atomic E-state index is 0.0138. The molecule has 1 aromatic heterocycles. The molecule has 31 heavy (non-hydrogen) atoms. The second-order valence-corrected chi connectivity index (χ2v) is 8.16. The summed E-state index contributed by atoms with van der Waals surface area (Å²) in [4.78, 5) is 29.7. The van der Waals surface area contributed by atoms with Crippen LogP contribution in [0.25, 0.3) is 0 Å². The maximum absolute atomic E-state index is 13.9. The lowest BCUT2D eigenvalue weighted by Gasteiger charge is -2.13. The fourth-order valence-corrected chi connectivity index (χ4v) is 4.31. The molecule has 2 unspecified atom stereocenters. The van der Waals surface area contributed by atoms with Crippen LogP contribution in [0.1, 0.15) is 18.1 Å². The summed E-state index contributed by atoms with van der Waals surface area (Å²) < 4.78 is 29.6. The summed E-state index contributed by atoms with van der Waals surface area (Å²) in [6.45, 7) is 1.98. The summed E-state index contributed by atoms with van der Waals surface area (Å²) in [5.74, 6) is -2.18. The van der Waals surface area contributed by atoms with Crippen LogP contribution in [-0.4, -0.2) is 36.7 Å². The number of amides is 1. The van der Waals surface area contributed by atoms with E-state index < -0.39 is 22.6 Å². The molecule has 1 aliphatic heterocycles. The Bertz CT molecular complexity index is 1190. The Labute approximate surface area is 180 Å². The Balaban J connectivity index is 1.45. The van der Waals surface area contributed by atoms with Gasteiger partial charge in [0.25, 0.3) is 0 Å². The number of carbonyl (C=O) groups is 1. The molecule has 160 valence electrons. The Hall–Kier alpha value is -3.27. The van der Waals surface area contributed by atoms with E-state index in [9.17, 15) is 18.4 Å². The minimum Gasteiger partial charge on any atom is -0.351 e. The summed E-state index contributed by atoms with van der Waals surface area (Å²) in [5, 5.41) is 6.71. The number of aromatic nitrogens is 3.